The van der Waals surface area contributed by atoms with Gasteiger partial charge in [-0.15, -0.1) is 0 Å². The van der Waals surface area contributed by atoms with Gasteiger partial charge in [-0.2, -0.15) is 10.2 Å². The second-order valence-electron chi connectivity index (χ2n) is 12.0. The maximum Gasteiger partial charge on any atom is 0.276 e. The van der Waals surface area contributed by atoms with Crippen LogP contribution in [0.4, 0.5) is 22.7 Å². The fourth-order valence-corrected chi connectivity index (χ4v) is 6.18. The molecule has 20 nitrogen and oxygen atoms in total. The van der Waals surface area contributed by atoms with Crippen molar-refractivity contribution in [3.8, 4) is 0 Å². The van der Waals surface area contributed by atoms with Crippen LogP contribution in [0.15, 0.2) is 105 Å². The topological polar surface area (TPSA) is 326 Å². The molecule has 4 amide bonds. The number of primary sulfonamides is 2. The van der Waals surface area contributed by atoms with Gasteiger partial charge in [0.15, 0.2) is 11.4 Å². The molecule has 0 radical (unpaired) electrons. The van der Waals surface area contributed by atoms with E-state index in [1.807, 2.05) is 0 Å². The molecule has 57 heavy (non-hydrogen) atoms. The van der Waals surface area contributed by atoms with Gasteiger partial charge >= 0.3 is 0 Å². The minimum Gasteiger partial charge on any atom is -0.396 e. The van der Waals surface area contributed by atoms with Crippen molar-refractivity contribution in [2.45, 2.75) is 16.2 Å². The maximum atomic E-state index is 12.2. The number of nitrogens with one attached hydrogen (secondary N) is 6. The van der Waals surface area contributed by atoms with E-state index in [1.54, 1.807) is 30.3 Å². The molecule has 0 bridgehead atoms. The van der Waals surface area contributed by atoms with Gasteiger partial charge in [0.25, 0.3) is 23.6 Å². The van der Waals surface area contributed by atoms with Crippen LogP contribution in [-0.2, 0) is 29.6 Å². The Kier molecular flexibility index (Phi) is 13.1. The molecule has 0 saturated carbocycles. The zero-order chi connectivity index (χ0) is 41.3. The minimum absolute atomic E-state index is 0.0243. The lowest BCUT2D eigenvalue weighted by Gasteiger charge is -2.06. The highest BCUT2D eigenvalue weighted by atomic mass is 32.2. The van der Waals surface area contributed by atoms with Crippen molar-refractivity contribution >= 4 is 77.8 Å². The zero-order valence-corrected chi connectivity index (χ0v) is 31.3. The van der Waals surface area contributed by atoms with Crippen LogP contribution in [0.1, 0.15) is 38.3 Å². The molecular weight excluding hydrogens is 785 g/mol. The average Bonchev–Trinajstić information content (AvgIpc) is 3.67. The highest BCUT2D eigenvalue weighted by Gasteiger charge is 2.28. The summed E-state index contributed by atoms with van der Waals surface area (Å²) in [6, 6.07) is 20.5. The smallest absolute Gasteiger partial charge is 0.276 e. The highest BCUT2D eigenvalue weighted by molar-refractivity contribution is 7.89. The van der Waals surface area contributed by atoms with Gasteiger partial charge in [-0.25, -0.2) is 27.1 Å². The third-order valence-electron chi connectivity index (χ3n) is 7.98. The Balaban J connectivity index is 0.000000218. The number of aliphatic hydroxyl groups excluding tert-OH is 2. The molecule has 4 aromatic rings. The Morgan fingerprint density at radius 3 is 1.37 bits per heavy atom. The van der Waals surface area contributed by atoms with Gasteiger partial charge in [0.05, 0.1) is 39.1 Å². The van der Waals surface area contributed by atoms with Gasteiger partial charge in [-0.05, 0) is 91.3 Å². The lowest BCUT2D eigenvalue weighted by Crippen LogP contribution is -2.26. The number of aliphatic hydroxyl groups is 2. The number of anilines is 4. The third kappa shape index (κ3) is 10.6. The Hall–Kier alpha value is -6.56. The SMILES string of the molecule is NS(=O)(=O)c1ccc(NN=C2C(=O)Nc3ccc(C(=O)NCCCO)cc32)cc1.NS(=O)(=O)c1ccc(NN=C2C(=O)Nc3ccc(C(=O)NCCO)cc32)cc1. The van der Waals surface area contributed by atoms with Gasteiger partial charge < -0.3 is 31.5 Å². The van der Waals surface area contributed by atoms with Crippen LogP contribution >= 0.6 is 0 Å². The van der Waals surface area contributed by atoms with E-state index in [0.29, 0.717) is 58.0 Å². The van der Waals surface area contributed by atoms with Gasteiger partial charge in [0.2, 0.25) is 20.0 Å². The first-order valence-corrected chi connectivity index (χ1v) is 19.8. The summed E-state index contributed by atoms with van der Waals surface area (Å²) in [6.45, 7) is 0.242. The number of sulfonamides is 2. The maximum absolute atomic E-state index is 12.2. The zero-order valence-electron chi connectivity index (χ0n) is 29.6. The Morgan fingerprint density at radius 1 is 0.596 bits per heavy atom. The first-order valence-electron chi connectivity index (χ1n) is 16.7. The summed E-state index contributed by atoms with van der Waals surface area (Å²) >= 11 is 0. The van der Waals surface area contributed by atoms with Crippen LogP contribution in [0.3, 0.4) is 0 Å². The van der Waals surface area contributed by atoms with Crippen molar-refractivity contribution in [2.24, 2.45) is 20.5 Å². The second kappa shape index (κ2) is 17.9. The van der Waals surface area contributed by atoms with Crippen molar-refractivity contribution < 1.29 is 46.2 Å². The van der Waals surface area contributed by atoms with Gasteiger partial charge in [0.1, 0.15) is 0 Å². The number of rotatable bonds is 13. The third-order valence-corrected chi connectivity index (χ3v) is 9.84. The lowest BCUT2D eigenvalue weighted by molar-refractivity contribution is -0.110. The molecule has 6 rings (SSSR count). The monoisotopic (exact) mass is 820 g/mol. The van der Waals surface area contributed by atoms with Crippen molar-refractivity contribution in [1.29, 1.82) is 0 Å². The standard InChI is InChI=1S/C18H19N5O5S.C17H17N5O5S/c19-29(27,28)13-5-3-12(4-6-13)22-23-16-14-10-11(17(25)20-8-1-9-24)2-7-15(14)21-18(16)26;18-28(26,27)12-4-2-11(3-5-12)21-22-15-13-9-10(16(24)19-7-8-23)1-6-14(13)20-17(15)25/h2-7,10,22,24H,1,8-9H2,(H,20,25)(H2,19,27,28)(H,21,23,26);1-6,9,21,23H,7-8H2,(H,19,24)(H2,18,26,27)(H,20,22,25). The molecule has 0 saturated heterocycles. The van der Waals surface area contributed by atoms with Gasteiger partial charge in [-0.1, -0.05) is 0 Å². The van der Waals surface area contributed by atoms with Gasteiger partial charge in [0, 0.05) is 42.0 Å². The van der Waals surface area contributed by atoms with Crippen LogP contribution in [0.2, 0.25) is 0 Å². The number of hydrogen-bond donors (Lipinski definition) is 10. The first-order chi connectivity index (χ1) is 27.1. The molecule has 12 N–H and O–H groups in total. The number of fused-ring (bicyclic) bond motifs is 2. The fourth-order valence-electron chi connectivity index (χ4n) is 5.14. The molecule has 0 aromatic heterocycles. The van der Waals surface area contributed by atoms with Crippen LogP contribution in [0.25, 0.3) is 0 Å². The summed E-state index contributed by atoms with van der Waals surface area (Å²) in [5.41, 5.74) is 9.00. The van der Waals surface area contributed by atoms with E-state index in [4.69, 9.17) is 20.5 Å². The Labute approximate surface area is 325 Å². The largest absolute Gasteiger partial charge is 0.396 e. The number of nitrogens with zero attached hydrogens (tertiary/aromatic N) is 2. The summed E-state index contributed by atoms with van der Waals surface area (Å²) < 4.78 is 45.1. The van der Waals surface area contributed by atoms with E-state index in [9.17, 15) is 36.0 Å². The van der Waals surface area contributed by atoms with E-state index in [2.05, 4.69) is 42.3 Å². The highest BCUT2D eigenvalue weighted by Crippen LogP contribution is 2.27. The Morgan fingerprint density at radius 2 is 1.00 bits per heavy atom. The number of hydrogen-bond acceptors (Lipinski definition) is 14. The molecule has 0 fully saturated rings. The number of carbonyl (C=O) groups is 4. The normalized spacial score (nSPS) is 14.5. The van der Waals surface area contributed by atoms with E-state index in [1.165, 1.54) is 54.6 Å². The lowest BCUT2D eigenvalue weighted by atomic mass is 10.1. The van der Waals surface area contributed by atoms with Gasteiger partial charge in [-0.3, -0.25) is 30.0 Å². The number of benzene rings is 4. The van der Waals surface area contributed by atoms with Crippen molar-refractivity contribution in [3.05, 3.63) is 107 Å². The molecular formula is C35H36N10O10S2. The molecule has 2 aliphatic rings. The fraction of sp³-hybridized carbons (Fsp3) is 0.143. The molecule has 2 heterocycles. The second-order valence-corrected chi connectivity index (χ2v) is 15.1. The summed E-state index contributed by atoms with van der Waals surface area (Å²) in [7, 11) is -7.60. The van der Waals surface area contributed by atoms with Crippen LogP contribution < -0.4 is 42.4 Å². The number of carbonyl (C=O) groups excluding carboxylic acids is 4. The molecule has 0 spiro atoms. The molecule has 4 aromatic carbocycles. The summed E-state index contributed by atoms with van der Waals surface area (Å²) in [4.78, 5) is 48.5. The van der Waals surface area contributed by atoms with E-state index >= 15 is 0 Å². The number of amides is 4. The van der Waals surface area contributed by atoms with Crippen LogP contribution in [0.5, 0.6) is 0 Å². The quantitative estimate of drug-likeness (QED) is 0.0632. The molecule has 0 atom stereocenters. The van der Waals surface area contributed by atoms with E-state index < -0.39 is 31.9 Å². The Bertz CT molecular complexity index is 2490. The molecule has 0 aliphatic carbocycles. The summed E-state index contributed by atoms with van der Waals surface area (Å²) in [5, 5.41) is 46.4. The molecule has 0 unspecified atom stereocenters. The predicted molar refractivity (Wildman–Crippen MR) is 210 cm³/mol. The van der Waals surface area contributed by atoms with Crippen molar-refractivity contribution in [2.75, 3.05) is 47.8 Å². The van der Waals surface area contributed by atoms with E-state index in [-0.39, 0.29) is 52.8 Å². The molecule has 2 aliphatic heterocycles. The van der Waals surface area contributed by atoms with Crippen LogP contribution in [-0.4, -0.2) is 88.4 Å². The predicted octanol–water partition coefficient (Wildman–Crippen LogP) is 0.0389. The van der Waals surface area contributed by atoms with Crippen molar-refractivity contribution in [3.63, 3.8) is 0 Å². The summed E-state index contributed by atoms with van der Waals surface area (Å²) in [6.07, 6.45) is 0.442. The van der Waals surface area contributed by atoms with E-state index in [0.717, 1.165) is 0 Å². The number of nitrogens with two attached hydrogens (primary N) is 2. The van der Waals surface area contributed by atoms with Crippen LogP contribution in [0, 0.1) is 0 Å². The molecule has 298 valence electrons. The minimum atomic E-state index is -3.80. The van der Waals surface area contributed by atoms with Crippen molar-refractivity contribution in [1.82, 2.24) is 10.6 Å². The number of hydrazone groups is 2. The first kappa shape index (κ1) is 41.6. The summed E-state index contributed by atoms with van der Waals surface area (Å²) in [5.74, 6) is -1.60. The average molecular weight is 821 g/mol. The molecule has 22 heteroatoms.